The van der Waals surface area contributed by atoms with Gasteiger partial charge in [-0.15, -0.1) is 0 Å². The number of aliphatic hydroxyl groups excluding tert-OH is 1. The van der Waals surface area contributed by atoms with Crippen LogP contribution in [0.15, 0.2) is 36.4 Å². The van der Waals surface area contributed by atoms with Crippen molar-refractivity contribution in [2.75, 3.05) is 0 Å². The average molecular weight is 261 g/mol. The van der Waals surface area contributed by atoms with E-state index >= 15 is 0 Å². The smallest absolute Gasteiger partial charge is 0.198 e. The first-order valence-corrected chi connectivity index (χ1v) is 5.41. The predicted molar refractivity (Wildman–Crippen MR) is 63.5 cm³/mol. The summed E-state index contributed by atoms with van der Waals surface area (Å²) in [4.78, 5) is 0. The van der Waals surface area contributed by atoms with E-state index in [0.29, 0.717) is 0 Å². The Hall–Kier alpha value is -2.45. The van der Waals surface area contributed by atoms with Crippen LogP contribution >= 0.6 is 0 Å². The number of benzene rings is 2. The molecule has 2 rings (SSSR count). The summed E-state index contributed by atoms with van der Waals surface area (Å²) in [7, 11) is 0. The molecule has 0 radical (unpaired) electrons. The van der Waals surface area contributed by atoms with Crippen LogP contribution in [0.5, 0.6) is 11.5 Å². The molecule has 5 heteroatoms. The third kappa shape index (κ3) is 2.69. The highest BCUT2D eigenvalue weighted by molar-refractivity contribution is 5.45. The number of ether oxygens (including phenoxy) is 1. The van der Waals surface area contributed by atoms with E-state index in [-0.39, 0.29) is 16.9 Å². The van der Waals surface area contributed by atoms with Gasteiger partial charge in [-0.2, -0.15) is 5.26 Å². The van der Waals surface area contributed by atoms with Crippen LogP contribution in [0.3, 0.4) is 0 Å². The molecule has 0 saturated carbocycles. The normalized spacial score (nSPS) is 10.0. The van der Waals surface area contributed by atoms with Crippen molar-refractivity contribution in [3.63, 3.8) is 0 Å². The Balaban J connectivity index is 2.42. The molecule has 0 aromatic heterocycles. The topological polar surface area (TPSA) is 53.2 Å². The first kappa shape index (κ1) is 13.0. The minimum atomic E-state index is -0.934. The van der Waals surface area contributed by atoms with Gasteiger partial charge in [0.05, 0.1) is 12.2 Å². The predicted octanol–water partition coefficient (Wildman–Crippen LogP) is 3.12. The fourth-order valence-electron chi connectivity index (χ4n) is 1.56. The number of hydrogen-bond acceptors (Lipinski definition) is 3. The highest BCUT2D eigenvalue weighted by atomic mass is 19.1. The molecule has 0 aliphatic rings. The summed E-state index contributed by atoms with van der Waals surface area (Å²) in [6.45, 7) is -0.469. The van der Waals surface area contributed by atoms with Crippen LogP contribution in [0.25, 0.3) is 0 Å². The minimum Gasteiger partial charge on any atom is -0.450 e. The number of nitriles is 1. The Morgan fingerprint density at radius 3 is 2.37 bits per heavy atom. The molecule has 0 fully saturated rings. The molecule has 3 nitrogen and oxygen atoms in total. The van der Waals surface area contributed by atoms with Crippen molar-refractivity contribution in [2.24, 2.45) is 0 Å². The van der Waals surface area contributed by atoms with Crippen LogP contribution in [0.2, 0.25) is 0 Å². The Morgan fingerprint density at radius 1 is 1.16 bits per heavy atom. The Morgan fingerprint density at radius 2 is 1.79 bits per heavy atom. The Labute approximate surface area is 108 Å². The van der Waals surface area contributed by atoms with Crippen molar-refractivity contribution in [2.45, 2.75) is 6.61 Å². The fourth-order valence-corrected chi connectivity index (χ4v) is 1.56. The van der Waals surface area contributed by atoms with E-state index in [2.05, 4.69) is 0 Å². The maximum atomic E-state index is 13.7. The fraction of sp³-hybridized carbons (Fsp3) is 0.0714. The van der Waals surface area contributed by atoms with E-state index in [0.717, 1.165) is 12.1 Å². The maximum Gasteiger partial charge on any atom is 0.198 e. The maximum absolute atomic E-state index is 13.7. The van der Waals surface area contributed by atoms with Crippen LogP contribution in [-0.2, 0) is 6.61 Å². The van der Waals surface area contributed by atoms with Crippen molar-refractivity contribution in [1.82, 2.24) is 0 Å². The van der Waals surface area contributed by atoms with E-state index in [9.17, 15) is 8.78 Å². The molecule has 96 valence electrons. The number of halogens is 2. The third-order valence-electron chi connectivity index (χ3n) is 2.46. The third-order valence-corrected chi connectivity index (χ3v) is 2.46. The van der Waals surface area contributed by atoms with Crippen molar-refractivity contribution in [1.29, 1.82) is 5.26 Å². The Kier molecular flexibility index (Phi) is 3.74. The number of nitrogens with zero attached hydrogens (tertiary/aromatic N) is 1. The van der Waals surface area contributed by atoms with Crippen molar-refractivity contribution >= 4 is 0 Å². The summed E-state index contributed by atoms with van der Waals surface area (Å²) in [5.74, 6) is -2.40. The first-order chi connectivity index (χ1) is 9.15. The highest BCUT2D eigenvalue weighted by Crippen LogP contribution is 2.30. The summed E-state index contributed by atoms with van der Waals surface area (Å²) in [6.07, 6.45) is 0. The van der Waals surface area contributed by atoms with E-state index < -0.39 is 24.0 Å². The van der Waals surface area contributed by atoms with E-state index in [1.54, 1.807) is 12.1 Å². The van der Waals surface area contributed by atoms with E-state index in [1.165, 1.54) is 12.1 Å². The molecule has 0 unspecified atom stereocenters. The van der Waals surface area contributed by atoms with E-state index in [4.69, 9.17) is 15.1 Å². The molecular weight excluding hydrogens is 252 g/mol. The lowest BCUT2D eigenvalue weighted by molar-refractivity contribution is 0.279. The monoisotopic (exact) mass is 261 g/mol. The molecule has 2 aromatic carbocycles. The van der Waals surface area contributed by atoms with Crippen LogP contribution in [0.1, 0.15) is 11.1 Å². The number of aliphatic hydroxyl groups is 1. The summed E-state index contributed by atoms with van der Waals surface area (Å²) >= 11 is 0. The van der Waals surface area contributed by atoms with Crippen LogP contribution in [0.4, 0.5) is 8.78 Å². The van der Waals surface area contributed by atoms with Crippen LogP contribution < -0.4 is 4.74 Å². The van der Waals surface area contributed by atoms with Gasteiger partial charge in [0.15, 0.2) is 17.4 Å². The lowest BCUT2D eigenvalue weighted by Gasteiger charge is -2.10. The highest BCUT2D eigenvalue weighted by Gasteiger charge is 2.15. The standard InChI is InChI=1S/C14H9F2NO2/c15-11-5-9(8-18)6-12(16)14(11)19-13-4-2-1-3-10(13)7-17/h1-6,18H,8H2. The zero-order chi connectivity index (χ0) is 13.8. The van der Waals surface area contributed by atoms with Gasteiger partial charge in [-0.25, -0.2) is 8.78 Å². The molecule has 19 heavy (non-hydrogen) atoms. The number of hydrogen-bond donors (Lipinski definition) is 1. The lowest BCUT2D eigenvalue weighted by Crippen LogP contribution is -1.97. The average Bonchev–Trinajstić information content (AvgIpc) is 2.43. The van der Waals surface area contributed by atoms with Crippen LogP contribution in [0, 0.1) is 23.0 Å². The van der Waals surface area contributed by atoms with Gasteiger partial charge in [0.25, 0.3) is 0 Å². The van der Waals surface area contributed by atoms with Crippen molar-refractivity contribution in [3.8, 4) is 17.6 Å². The summed E-state index contributed by atoms with van der Waals surface area (Å²) < 4.78 is 32.4. The number of rotatable bonds is 3. The molecule has 0 spiro atoms. The second-order valence-electron chi connectivity index (χ2n) is 3.76. The van der Waals surface area contributed by atoms with Gasteiger partial charge in [0.1, 0.15) is 11.8 Å². The summed E-state index contributed by atoms with van der Waals surface area (Å²) in [5.41, 5.74) is 0.281. The zero-order valence-electron chi connectivity index (χ0n) is 9.73. The van der Waals surface area contributed by atoms with Gasteiger partial charge in [-0.05, 0) is 29.8 Å². The number of para-hydroxylation sites is 1. The van der Waals surface area contributed by atoms with Gasteiger partial charge in [-0.1, -0.05) is 12.1 Å². The van der Waals surface area contributed by atoms with Gasteiger partial charge in [-0.3, -0.25) is 0 Å². The largest absolute Gasteiger partial charge is 0.450 e. The first-order valence-electron chi connectivity index (χ1n) is 5.41. The summed E-state index contributed by atoms with van der Waals surface area (Å²) in [6, 6.07) is 9.96. The van der Waals surface area contributed by atoms with E-state index in [1.807, 2.05) is 6.07 Å². The molecule has 0 amide bonds. The second-order valence-corrected chi connectivity index (χ2v) is 3.76. The van der Waals surface area contributed by atoms with Gasteiger partial charge in [0, 0.05) is 0 Å². The SMILES string of the molecule is N#Cc1ccccc1Oc1c(F)cc(CO)cc1F. The van der Waals surface area contributed by atoms with Crippen molar-refractivity contribution in [3.05, 3.63) is 59.2 Å². The lowest BCUT2D eigenvalue weighted by atomic mass is 10.2. The van der Waals surface area contributed by atoms with Gasteiger partial charge < -0.3 is 9.84 Å². The quantitative estimate of drug-likeness (QED) is 0.923. The molecule has 0 atom stereocenters. The molecule has 0 aliphatic carbocycles. The van der Waals surface area contributed by atoms with Crippen LogP contribution in [-0.4, -0.2) is 5.11 Å². The minimum absolute atomic E-state index is 0.0690. The molecule has 0 saturated heterocycles. The van der Waals surface area contributed by atoms with Gasteiger partial charge >= 0.3 is 0 Å². The zero-order valence-corrected chi connectivity index (χ0v) is 9.73. The molecular formula is C14H9F2NO2. The molecule has 0 bridgehead atoms. The second kappa shape index (κ2) is 5.46. The Bertz CT molecular complexity index is 627. The summed E-state index contributed by atoms with van der Waals surface area (Å²) in [5, 5.41) is 17.7. The molecule has 0 heterocycles. The molecule has 2 aromatic rings. The van der Waals surface area contributed by atoms with Crippen molar-refractivity contribution < 1.29 is 18.6 Å². The van der Waals surface area contributed by atoms with Gasteiger partial charge in [0.2, 0.25) is 0 Å². The molecule has 0 aliphatic heterocycles. The molecule has 1 N–H and O–H groups in total.